The van der Waals surface area contributed by atoms with Gasteiger partial charge in [-0.05, 0) is 26.0 Å². The number of aryl methyl sites for hydroxylation is 2. The molecule has 0 atom stereocenters. The van der Waals surface area contributed by atoms with E-state index in [1.54, 1.807) is 0 Å². The summed E-state index contributed by atoms with van der Waals surface area (Å²) in [5, 5.41) is 0.784. The Bertz CT molecular complexity index is 625. The maximum Gasteiger partial charge on any atom is 0.350 e. The number of thiazole rings is 1. The second-order valence-corrected chi connectivity index (χ2v) is 5.51. The van der Waals surface area contributed by atoms with E-state index in [1.807, 2.05) is 44.0 Å². The molecule has 0 saturated heterocycles. The van der Waals surface area contributed by atoms with Crippen LogP contribution >= 0.6 is 11.3 Å². The van der Waals surface area contributed by atoms with Crippen LogP contribution in [0.15, 0.2) is 18.2 Å². The van der Waals surface area contributed by atoms with Gasteiger partial charge in [0.1, 0.15) is 4.88 Å². The number of methoxy groups -OCH3 is 1. The highest BCUT2D eigenvalue weighted by molar-refractivity contribution is 7.17. The largest absolute Gasteiger partial charge is 0.465 e. The Morgan fingerprint density at radius 1 is 1.35 bits per heavy atom. The zero-order valence-corrected chi connectivity index (χ0v) is 12.8. The molecule has 0 saturated carbocycles. The van der Waals surface area contributed by atoms with E-state index in [-0.39, 0.29) is 5.97 Å². The van der Waals surface area contributed by atoms with Crippen molar-refractivity contribution in [1.29, 1.82) is 0 Å². The van der Waals surface area contributed by atoms with Crippen molar-refractivity contribution in [3.63, 3.8) is 0 Å². The van der Waals surface area contributed by atoms with E-state index in [2.05, 4.69) is 9.97 Å². The lowest BCUT2D eigenvalue weighted by molar-refractivity contribution is 0.0605. The Morgan fingerprint density at radius 2 is 2.10 bits per heavy atom. The quantitative estimate of drug-likeness (QED) is 0.810. The minimum atomic E-state index is -0.340. The minimum absolute atomic E-state index is 0.340. The summed E-state index contributed by atoms with van der Waals surface area (Å²) in [5.41, 5.74) is 2.65. The smallest absolute Gasteiger partial charge is 0.350 e. The van der Waals surface area contributed by atoms with Gasteiger partial charge in [0.15, 0.2) is 5.13 Å². The molecule has 0 amide bonds. The molecule has 0 fully saturated rings. The van der Waals surface area contributed by atoms with E-state index in [0.717, 1.165) is 16.5 Å². The molecule has 20 heavy (non-hydrogen) atoms. The summed E-state index contributed by atoms with van der Waals surface area (Å²) < 4.78 is 4.74. The normalized spacial score (nSPS) is 10.4. The third kappa shape index (κ3) is 3.14. The van der Waals surface area contributed by atoms with Crippen molar-refractivity contribution in [1.82, 2.24) is 9.97 Å². The fourth-order valence-corrected chi connectivity index (χ4v) is 2.77. The maximum atomic E-state index is 11.6. The Morgan fingerprint density at radius 3 is 2.75 bits per heavy atom. The molecular formula is C14H17N3O2S. The minimum Gasteiger partial charge on any atom is -0.465 e. The molecule has 0 unspecified atom stereocenters. The summed E-state index contributed by atoms with van der Waals surface area (Å²) in [6.07, 6.45) is 0. The van der Waals surface area contributed by atoms with Crippen LogP contribution in [0.4, 0.5) is 5.13 Å². The van der Waals surface area contributed by atoms with Gasteiger partial charge in [-0.3, -0.25) is 4.98 Å². The molecule has 0 aliphatic carbocycles. The van der Waals surface area contributed by atoms with Gasteiger partial charge in [0, 0.05) is 12.7 Å². The monoisotopic (exact) mass is 291 g/mol. The molecule has 6 heteroatoms. The summed E-state index contributed by atoms with van der Waals surface area (Å²) in [4.78, 5) is 23.0. The van der Waals surface area contributed by atoms with Crippen LogP contribution < -0.4 is 4.90 Å². The van der Waals surface area contributed by atoms with Crippen LogP contribution in [0.5, 0.6) is 0 Å². The predicted molar refractivity (Wildman–Crippen MR) is 79.3 cm³/mol. The molecule has 2 heterocycles. The van der Waals surface area contributed by atoms with Crippen molar-refractivity contribution in [3.8, 4) is 0 Å². The number of pyridine rings is 1. The number of rotatable bonds is 4. The van der Waals surface area contributed by atoms with Gasteiger partial charge in [0.2, 0.25) is 0 Å². The van der Waals surface area contributed by atoms with Gasteiger partial charge >= 0.3 is 5.97 Å². The lowest BCUT2D eigenvalue weighted by Gasteiger charge is -2.15. The second kappa shape index (κ2) is 6.00. The Labute approximate surface area is 122 Å². The highest BCUT2D eigenvalue weighted by Crippen LogP contribution is 2.26. The molecule has 0 aliphatic heterocycles. The summed E-state index contributed by atoms with van der Waals surface area (Å²) in [6, 6.07) is 5.93. The van der Waals surface area contributed by atoms with Gasteiger partial charge in [-0.1, -0.05) is 17.4 Å². The first-order chi connectivity index (χ1) is 9.51. The number of hydrogen-bond donors (Lipinski definition) is 0. The van der Waals surface area contributed by atoms with Gasteiger partial charge in [-0.25, -0.2) is 9.78 Å². The molecule has 0 aromatic carbocycles. The van der Waals surface area contributed by atoms with E-state index in [9.17, 15) is 4.79 Å². The van der Waals surface area contributed by atoms with Gasteiger partial charge in [0.25, 0.3) is 0 Å². The van der Waals surface area contributed by atoms with Crippen LogP contribution in [-0.2, 0) is 11.3 Å². The van der Waals surface area contributed by atoms with Crippen LogP contribution in [-0.4, -0.2) is 30.1 Å². The zero-order chi connectivity index (χ0) is 14.7. The first kappa shape index (κ1) is 14.5. The third-order valence-electron chi connectivity index (χ3n) is 2.83. The van der Waals surface area contributed by atoms with Gasteiger partial charge in [-0.15, -0.1) is 0 Å². The van der Waals surface area contributed by atoms with Crippen molar-refractivity contribution >= 4 is 22.4 Å². The van der Waals surface area contributed by atoms with Gasteiger partial charge < -0.3 is 9.64 Å². The van der Waals surface area contributed by atoms with Crippen molar-refractivity contribution < 1.29 is 9.53 Å². The van der Waals surface area contributed by atoms with Crippen LogP contribution in [0.2, 0.25) is 0 Å². The van der Waals surface area contributed by atoms with Gasteiger partial charge in [0.05, 0.1) is 25.0 Å². The summed E-state index contributed by atoms with van der Waals surface area (Å²) in [7, 11) is 3.31. The summed E-state index contributed by atoms with van der Waals surface area (Å²) >= 11 is 1.34. The maximum absolute atomic E-state index is 11.6. The molecule has 106 valence electrons. The number of carbonyl (C=O) groups is 1. The number of esters is 1. The molecule has 2 aromatic heterocycles. The Kier molecular flexibility index (Phi) is 4.34. The average molecular weight is 291 g/mol. The Hall–Kier alpha value is -1.95. The lowest BCUT2D eigenvalue weighted by atomic mass is 10.3. The third-order valence-corrected chi connectivity index (χ3v) is 4.08. The molecule has 0 spiro atoms. The van der Waals surface area contributed by atoms with E-state index >= 15 is 0 Å². The first-order valence-electron chi connectivity index (χ1n) is 6.20. The highest BCUT2D eigenvalue weighted by Gasteiger charge is 2.17. The Balaban J connectivity index is 2.17. The first-order valence-corrected chi connectivity index (χ1v) is 7.02. The predicted octanol–water partition coefficient (Wildman–Crippen LogP) is 2.58. The molecule has 0 N–H and O–H groups in total. The SMILES string of the molecule is COC(=O)c1sc(N(C)Cc2cccc(C)n2)nc1C. The summed E-state index contributed by atoms with van der Waals surface area (Å²) in [6.45, 7) is 4.42. The van der Waals surface area contributed by atoms with Crippen molar-refractivity contribution in [3.05, 3.63) is 40.2 Å². The van der Waals surface area contributed by atoms with Crippen LogP contribution in [0.25, 0.3) is 0 Å². The number of carbonyl (C=O) groups excluding carboxylic acids is 1. The van der Waals surface area contributed by atoms with Crippen LogP contribution in [0.3, 0.4) is 0 Å². The number of anilines is 1. The van der Waals surface area contributed by atoms with E-state index in [1.165, 1.54) is 18.4 Å². The van der Waals surface area contributed by atoms with Crippen molar-refractivity contribution in [2.24, 2.45) is 0 Å². The number of ether oxygens (including phenoxy) is 1. The molecule has 0 aliphatic rings. The zero-order valence-electron chi connectivity index (χ0n) is 12.0. The highest BCUT2D eigenvalue weighted by atomic mass is 32.1. The average Bonchev–Trinajstić information content (AvgIpc) is 2.80. The van der Waals surface area contributed by atoms with Crippen molar-refractivity contribution in [2.45, 2.75) is 20.4 Å². The van der Waals surface area contributed by atoms with Gasteiger partial charge in [-0.2, -0.15) is 0 Å². The molecular weight excluding hydrogens is 274 g/mol. The number of hydrogen-bond acceptors (Lipinski definition) is 6. The molecule has 5 nitrogen and oxygen atoms in total. The van der Waals surface area contributed by atoms with E-state index < -0.39 is 0 Å². The fourth-order valence-electron chi connectivity index (χ4n) is 1.83. The van der Waals surface area contributed by atoms with E-state index in [0.29, 0.717) is 17.1 Å². The topological polar surface area (TPSA) is 55.3 Å². The lowest BCUT2D eigenvalue weighted by Crippen LogP contribution is -2.17. The second-order valence-electron chi connectivity index (χ2n) is 4.53. The molecule has 0 bridgehead atoms. The standard InChI is InChI=1S/C14H17N3O2S/c1-9-6-5-7-11(15-9)8-17(3)14-16-10(2)12(20-14)13(18)19-4/h5-7H,8H2,1-4H3. The van der Waals surface area contributed by atoms with Crippen LogP contribution in [0.1, 0.15) is 26.8 Å². The van der Waals surface area contributed by atoms with Crippen molar-refractivity contribution in [2.75, 3.05) is 19.1 Å². The van der Waals surface area contributed by atoms with E-state index in [4.69, 9.17) is 4.74 Å². The summed E-state index contributed by atoms with van der Waals surface area (Å²) in [5.74, 6) is -0.340. The number of aromatic nitrogens is 2. The molecule has 0 radical (unpaired) electrons. The molecule has 2 aromatic rings. The van der Waals surface area contributed by atoms with Crippen LogP contribution in [0, 0.1) is 13.8 Å². The number of nitrogens with zero attached hydrogens (tertiary/aromatic N) is 3. The molecule has 2 rings (SSSR count). The fraction of sp³-hybridized carbons (Fsp3) is 0.357.